The summed E-state index contributed by atoms with van der Waals surface area (Å²) in [5, 5.41) is 50.5. The van der Waals surface area contributed by atoms with Crippen molar-refractivity contribution in [2.45, 2.75) is 42.9 Å². The van der Waals surface area contributed by atoms with Crippen molar-refractivity contribution in [3.63, 3.8) is 0 Å². The monoisotopic (exact) mass is 419 g/mol. The zero-order valence-electron chi connectivity index (χ0n) is 15.4. The van der Waals surface area contributed by atoms with Crippen molar-refractivity contribution in [2.75, 3.05) is 33.4 Å². The van der Waals surface area contributed by atoms with Gasteiger partial charge in [-0.15, -0.1) is 0 Å². The minimum atomic E-state index is -1.17. The lowest BCUT2D eigenvalue weighted by Gasteiger charge is -2.38. The van der Waals surface area contributed by atoms with Crippen LogP contribution in [-0.2, 0) is 9.47 Å². The maximum Gasteiger partial charge on any atom is 0.189 e. The Bertz CT molecular complexity index is 664. The molecule has 0 saturated carbocycles. The third kappa shape index (κ3) is 4.28. The molecule has 10 heteroatoms. The molecule has 0 bridgehead atoms. The molecule has 2 saturated heterocycles. The molecule has 2 heterocycles. The summed E-state index contributed by atoms with van der Waals surface area (Å²) in [6.07, 6.45) is -6.35. The van der Waals surface area contributed by atoms with Crippen LogP contribution in [0.1, 0.15) is 11.9 Å². The Kier molecular flexibility index (Phi) is 7.13. The molecule has 0 amide bonds. The molecule has 9 nitrogen and oxygen atoms in total. The summed E-state index contributed by atoms with van der Waals surface area (Å²) in [4.78, 5) is 1.57. The molecule has 158 valence electrons. The van der Waals surface area contributed by atoms with E-state index in [1.165, 1.54) is 7.11 Å². The van der Waals surface area contributed by atoms with Gasteiger partial charge in [0.05, 0.1) is 55.3 Å². The van der Waals surface area contributed by atoms with Crippen molar-refractivity contribution in [3.05, 3.63) is 28.8 Å². The van der Waals surface area contributed by atoms with E-state index in [1.54, 1.807) is 23.1 Å². The number of methoxy groups -OCH3 is 1. The average molecular weight is 420 g/mol. The second-order valence-electron chi connectivity index (χ2n) is 7.02. The average Bonchev–Trinajstić information content (AvgIpc) is 2.94. The van der Waals surface area contributed by atoms with Crippen molar-refractivity contribution < 1.29 is 39.7 Å². The minimum absolute atomic E-state index is 0.0204. The van der Waals surface area contributed by atoms with E-state index >= 15 is 0 Å². The normalized spacial score (nSPS) is 35.1. The third-order valence-electron chi connectivity index (χ3n) is 5.21. The Labute approximate surface area is 167 Å². The molecule has 0 radical (unpaired) electrons. The first kappa shape index (κ1) is 21.7. The van der Waals surface area contributed by atoms with Crippen LogP contribution in [0, 0.1) is 0 Å². The number of hydrogen-bond acceptors (Lipinski definition) is 9. The smallest absolute Gasteiger partial charge is 0.189 e. The Morgan fingerprint density at radius 2 is 2.04 bits per heavy atom. The van der Waals surface area contributed by atoms with E-state index in [2.05, 4.69) is 0 Å². The quantitative estimate of drug-likeness (QED) is 0.389. The van der Waals surface area contributed by atoms with Crippen molar-refractivity contribution in [3.8, 4) is 5.75 Å². The Hall–Kier alpha value is -1.01. The van der Waals surface area contributed by atoms with Crippen LogP contribution < -0.4 is 4.74 Å². The van der Waals surface area contributed by atoms with Gasteiger partial charge in [-0.2, -0.15) is 0 Å². The SMILES string of the molecule is COc1cccc(Cl)c1C1OC[C@@H](O)[C@@H]([C@H](O)CN2C[C@@H](O)[C@H](O)[C@H]2CO)O1. The van der Waals surface area contributed by atoms with Gasteiger partial charge in [0, 0.05) is 13.1 Å². The standard InChI is InChI=1S/C18H26ClNO8/c1-26-14-4-2-3-9(19)15(14)18-27-8-13(24)17(28-18)12(23)6-20-5-11(22)16(25)10(20)7-21/h2-4,10-13,16-18,21-25H,5-8H2,1H3/t10-,11-,12-,13-,16-,17-,18?/m1/s1. The van der Waals surface area contributed by atoms with Crippen LogP contribution in [-0.4, -0.2) is 100 Å². The summed E-state index contributed by atoms with van der Waals surface area (Å²) in [5.41, 5.74) is 0.455. The molecular weight excluding hydrogens is 394 g/mol. The van der Waals surface area contributed by atoms with E-state index in [9.17, 15) is 25.5 Å². The van der Waals surface area contributed by atoms with Crippen molar-refractivity contribution in [1.82, 2.24) is 4.90 Å². The highest BCUT2D eigenvalue weighted by molar-refractivity contribution is 6.31. The fraction of sp³-hybridized carbons (Fsp3) is 0.667. The largest absolute Gasteiger partial charge is 0.496 e. The van der Waals surface area contributed by atoms with Crippen molar-refractivity contribution >= 4 is 11.6 Å². The van der Waals surface area contributed by atoms with Crippen LogP contribution in [0.2, 0.25) is 5.02 Å². The molecule has 1 unspecified atom stereocenters. The van der Waals surface area contributed by atoms with Gasteiger partial charge in [0.15, 0.2) is 6.29 Å². The van der Waals surface area contributed by atoms with E-state index in [-0.39, 0.29) is 26.3 Å². The molecule has 2 fully saturated rings. The first-order chi connectivity index (χ1) is 13.4. The zero-order chi connectivity index (χ0) is 20.4. The highest BCUT2D eigenvalue weighted by Crippen LogP contribution is 2.38. The van der Waals surface area contributed by atoms with Crippen LogP contribution in [0.25, 0.3) is 0 Å². The number of β-amino-alcohol motifs (C(OH)–C–C–N with tert-alkyl or cyclic N) is 2. The predicted octanol–water partition coefficient (Wildman–Crippen LogP) is -1.12. The van der Waals surface area contributed by atoms with Gasteiger partial charge in [0.2, 0.25) is 0 Å². The van der Waals surface area contributed by atoms with E-state index in [4.69, 9.17) is 25.8 Å². The van der Waals surface area contributed by atoms with Gasteiger partial charge >= 0.3 is 0 Å². The fourth-order valence-corrected chi connectivity index (χ4v) is 3.96. The van der Waals surface area contributed by atoms with Gasteiger partial charge in [-0.3, -0.25) is 4.90 Å². The lowest BCUT2D eigenvalue weighted by Crippen LogP contribution is -2.52. The molecule has 0 aliphatic carbocycles. The highest BCUT2D eigenvalue weighted by Gasteiger charge is 2.43. The molecule has 1 aromatic carbocycles. The fourth-order valence-electron chi connectivity index (χ4n) is 3.71. The summed E-state index contributed by atoms with van der Waals surface area (Å²) in [7, 11) is 1.48. The lowest BCUT2D eigenvalue weighted by atomic mass is 10.0. The number of nitrogens with zero attached hydrogens (tertiary/aromatic N) is 1. The number of ether oxygens (including phenoxy) is 3. The van der Waals surface area contributed by atoms with Crippen LogP contribution in [0.4, 0.5) is 0 Å². The maximum atomic E-state index is 10.7. The summed E-state index contributed by atoms with van der Waals surface area (Å²) < 4.78 is 16.6. The van der Waals surface area contributed by atoms with Gasteiger partial charge in [-0.1, -0.05) is 17.7 Å². The molecule has 0 aromatic heterocycles. The van der Waals surface area contributed by atoms with Gasteiger partial charge in [-0.05, 0) is 12.1 Å². The van der Waals surface area contributed by atoms with Gasteiger partial charge in [-0.25, -0.2) is 0 Å². The minimum Gasteiger partial charge on any atom is -0.496 e. The van der Waals surface area contributed by atoms with Crippen molar-refractivity contribution in [1.29, 1.82) is 0 Å². The number of benzene rings is 1. The third-order valence-corrected chi connectivity index (χ3v) is 5.54. The molecule has 28 heavy (non-hydrogen) atoms. The second-order valence-corrected chi connectivity index (χ2v) is 7.43. The van der Waals surface area contributed by atoms with Crippen LogP contribution in [0.15, 0.2) is 18.2 Å². The van der Waals surface area contributed by atoms with Gasteiger partial charge < -0.3 is 39.7 Å². The summed E-state index contributed by atoms with van der Waals surface area (Å²) >= 11 is 6.26. The lowest BCUT2D eigenvalue weighted by molar-refractivity contribution is -0.277. The molecule has 2 aliphatic heterocycles. The van der Waals surface area contributed by atoms with Crippen molar-refractivity contribution in [2.24, 2.45) is 0 Å². The maximum absolute atomic E-state index is 10.7. The van der Waals surface area contributed by atoms with E-state index in [1.807, 2.05) is 0 Å². The summed E-state index contributed by atoms with van der Waals surface area (Å²) in [5.74, 6) is 0.452. The summed E-state index contributed by atoms with van der Waals surface area (Å²) in [6.45, 7) is -0.394. The van der Waals surface area contributed by atoms with E-state index in [0.29, 0.717) is 16.3 Å². The topological polar surface area (TPSA) is 132 Å². The van der Waals surface area contributed by atoms with Gasteiger partial charge in [0.1, 0.15) is 18.0 Å². The first-order valence-corrected chi connectivity index (χ1v) is 9.41. The van der Waals surface area contributed by atoms with Crippen LogP contribution in [0.5, 0.6) is 5.75 Å². The number of aliphatic hydroxyl groups is 5. The zero-order valence-corrected chi connectivity index (χ0v) is 16.1. The first-order valence-electron chi connectivity index (χ1n) is 9.04. The molecular formula is C18H26ClNO8. The summed E-state index contributed by atoms with van der Waals surface area (Å²) in [6, 6.07) is 4.36. The number of likely N-dealkylation sites (tertiary alicyclic amines) is 1. The van der Waals surface area contributed by atoms with E-state index in [0.717, 1.165) is 0 Å². The highest BCUT2D eigenvalue weighted by atomic mass is 35.5. The molecule has 5 N–H and O–H groups in total. The van der Waals surface area contributed by atoms with Crippen LogP contribution in [0.3, 0.4) is 0 Å². The molecule has 7 atom stereocenters. The molecule has 0 spiro atoms. The number of halogens is 1. The van der Waals surface area contributed by atoms with Gasteiger partial charge in [0.25, 0.3) is 0 Å². The van der Waals surface area contributed by atoms with E-state index < -0.39 is 42.9 Å². The molecule has 1 aromatic rings. The number of aliphatic hydroxyl groups excluding tert-OH is 5. The molecule has 2 aliphatic rings. The Morgan fingerprint density at radius 1 is 1.29 bits per heavy atom. The number of rotatable bonds is 6. The Balaban J connectivity index is 1.73. The molecule has 3 rings (SSSR count). The predicted molar refractivity (Wildman–Crippen MR) is 98.0 cm³/mol. The second kappa shape index (κ2) is 9.21. The Morgan fingerprint density at radius 3 is 2.71 bits per heavy atom. The number of hydrogen-bond donors (Lipinski definition) is 5. The van der Waals surface area contributed by atoms with Crippen LogP contribution >= 0.6 is 11.6 Å².